The van der Waals surface area contributed by atoms with Crippen LogP contribution in [0.15, 0.2) is 67.3 Å². The summed E-state index contributed by atoms with van der Waals surface area (Å²) >= 11 is 0. The summed E-state index contributed by atoms with van der Waals surface area (Å²) in [5.74, 6) is -1.08. The number of nitrogens with zero attached hydrogens (tertiary/aromatic N) is 4. The van der Waals surface area contributed by atoms with Gasteiger partial charge >= 0.3 is 5.97 Å². The average Bonchev–Trinajstić information content (AvgIpc) is 3.49. The number of fused-ring (bicyclic) bond motifs is 1. The van der Waals surface area contributed by atoms with Gasteiger partial charge < -0.3 is 34.2 Å². The molecule has 2 aromatic heterocycles. The molecule has 1 fully saturated rings. The number of benzene rings is 2. The van der Waals surface area contributed by atoms with E-state index in [9.17, 15) is 29.0 Å². The molecule has 1 saturated heterocycles. The minimum atomic E-state index is -5.35. The summed E-state index contributed by atoms with van der Waals surface area (Å²) in [6, 6.07) is 15.0. The monoisotopic (exact) mass is 568 g/mol. The van der Waals surface area contributed by atoms with Gasteiger partial charge in [0.25, 0.3) is 13.7 Å². The average molecular weight is 568 g/mol. The van der Waals surface area contributed by atoms with Gasteiger partial charge in [-0.25, -0.2) is 19.7 Å². The molecule has 0 saturated carbocycles. The van der Waals surface area contributed by atoms with E-state index in [1.165, 1.54) is 10.9 Å². The Kier molecular flexibility index (Phi) is 7.72. The van der Waals surface area contributed by atoms with E-state index in [-0.39, 0.29) is 22.5 Å². The molecule has 14 nitrogen and oxygen atoms in total. The number of aryl methyl sites for hydroxylation is 1. The number of phosphoric acid groups is 1. The summed E-state index contributed by atoms with van der Waals surface area (Å²) in [4.78, 5) is 58.5. The van der Waals surface area contributed by atoms with Crippen LogP contribution in [0.2, 0.25) is 0 Å². The van der Waals surface area contributed by atoms with Gasteiger partial charge in [0.15, 0.2) is 23.2 Å². The molecule has 1 aliphatic rings. The highest BCUT2D eigenvalue weighted by atomic mass is 31.2. The highest BCUT2D eigenvalue weighted by molar-refractivity contribution is 7.44. The van der Waals surface area contributed by atoms with Crippen LogP contribution in [0, 0.1) is 6.92 Å². The van der Waals surface area contributed by atoms with Crippen molar-refractivity contribution in [2.45, 2.75) is 31.5 Å². The molecular formula is C25H23N5O9P-. The van der Waals surface area contributed by atoms with Crippen LogP contribution in [0.3, 0.4) is 0 Å². The number of rotatable bonds is 8. The fraction of sp³-hybridized carbons (Fsp3) is 0.240. The van der Waals surface area contributed by atoms with Gasteiger partial charge in [0.1, 0.15) is 31.2 Å². The quantitative estimate of drug-likeness (QED) is 0.204. The van der Waals surface area contributed by atoms with Gasteiger partial charge in [0.2, 0.25) is 0 Å². The molecule has 3 heterocycles. The van der Waals surface area contributed by atoms with Gasteiger partial charge in [-0.2, -0.15) is 0 Å². The van der Waals surface area contributed by atoms with Crippen molar-refractivity contribution in [2.24, 2.45) is 0 Å². The molecule has 1 amide bonds. The fourth-order valence-corrected chi connectivity index (χ4v) is 4.71. The third-order valence-electron chi connectivity index (χ3n) is 6.13. The normalized spacial score (nSPS) is 22.1. The van der Waals surface area contributed by atoms with E-state index in [4.69, 9.17) is 14.0 Å². The molecule has 208 valence electrons. The second kappa shape index (κ2) is 11.2. The molecule has 0 radical (unpaired) electrons. The van der Waals surface area contributed by atoms with Crippen molar-refractivity contribution in [1.82, 2.24) is 19.5 Å². The van der Waals surface area contributed by atoms with E-state index in [1.54, 1.807) is 54.6 Å². The minimum Gasteiger partial charge on any atom is -0.756 e. The number of hydrogen-bond donors (Lipinski definition) is 3. The zero-order chi connectivity index (χ0) is 28.4. The standard InChI is InChI=1S/C25H24N5O9P/c1-14-7-9-16(10-8-14)25(33)37-11-17-19(31)20(39-40(34,35)36)24(38-17)30-13-28-18-21(26-12-27-22(18)30)29-23(32)15-5-3-2-4-6-15/h2-10,12-13,17,19-20,24,31H,11H2,1H3,(H2,34,35,36)(H,26,27,29,32)/p-1/t17-,19-,20-,24-/m1/s1. The summed E-state index contributed by atoms with van der Waals surface area (Å²) in [7, 11) is -5.35. The van der Waals surface area contributed by atoms with Gasteiger partial charge in [0.05, 0.1) is 11.9 Å². The van der Waals surface area contributed by atoms with E-state index in [1.807, 2.05) is 6.92 Å². The van der Waals surface area contributed by atoms with Crippen molar-refractivity contribution in [3.05, 3.63) is 83.9 Å². The number of esters is 1. The zero-order valence-corrected chi connectivity index (χ0v) is 21.8. The van der Waals surface area contributed by atoms with Crippen LogP contribution in [0.4, 0.5) is 5.82 Å². The first kappa shape index (κ1) is 27.5. The Balaban J connectivity index is 1.39. The first-order valence-electron chi connectivity index (χ1n) is 11.9. The van der Waals surface area contributed by atoms with Crippen LogP contribution in [0.1, 0.15) is 32.5 Å². The Morgan fingerprint density at radius 2 is 1.82 bits per heavy atom. The molecule has 5 rings (SSSR count). The predicted molar refractivity (Wildman–Crippen MR) is 136 cm³/mol. The maximum Gasteiger partial charge on any atom is 0.338 e. The van der Waals surface area contributed by atoms with E-state index < -0.39 is 50.8 Å². The number of ether oxygens (including phenoxy) is 2. The van der Waals surface area contributed by atoms with Gasteiger partial charge in [-0.3, -0.25) is 13.9 Å². The molecule has 0 bridgehead atoms. The molecule has 5 atom stereocenters. The smallest absolute Gasteiger partial charge is 0.338 e. The third kappa shape index (κ3) is 5.92. The summed E-state index contributed by atoms with van der Waals surface area (Å²) in [6.45, 7) is 1.40. The fourth-order valence-electron chi connectivity index (χ4n) is 4.18. The van der Waals surface area contributed by atoms with Crippen LogP contribution < -0.4 is 10.2 Å². The number of aliphatic hydroxyl groups excluding tert-OH is 1. The number of carbonyl (C=O) groups excluding carboxylic acids is 2. The van der Waals surface area contributed by atoms with Gasteiger partial charge in [-0.15, -0.1) is 0 Å². The number of aromatic nitrogens is 4. The van der Waals surface area contributed by atoms with Gasteiger partial charge in [-0.1, -0.05) is 35.9 Å². The Labute approximate surface area is 226 Å². The van der Waals surface area contributed by atoms with Crippen molar-refractivity contribution in [3.8, 4) is 0 Å². The molecule has 1 unspecified atom stereocenters. The van der Waals surface area contributed by atoms with Crippen molar-refractivity contribution in [3.63, 3.8) is 0 Å². The summed E-state index contributed by atoms with van der Waals surface area (Å²) in [6.07, 6.45) is -3.57. The SMILES string of the molecule is Cc1ccc(C(=O)OC[C@H]2O[C@@H](n3cnc4c(NC(=O)c5ccccc5)ncnc43)[C@H](OP(=O)([O-])O)[C@@H]2O)cc1. The molecular weight excluding hydrogens is 545 g/mol. The second-order valence-electron chi connectivity index (χ2n) is 8.93. The van der Waals surface area contributed by atoms with Gasteiger partial charge in [0, 0.05) is 5.56 Å². The van der Waals surface area contributed by atoms with Gasteiger partial charge in [-0.05, 0) is 31.2 Å². The van der Waals surface area contributed by atoms with E-state index in [0.29, 0.717) is 5.56 Å². The summed E-state index contributed by atoms with van der Waals surface area (Å²) in [5.41, 5.74) is 1.82. The molecule has 0 spiro atoms. The number of aliphatic hydroxyl groups is 1. The number of nitrogens with one attached hydrogen (secondary N) is 1. The highest BCUT2D eigenvalue weighted by Crippen LogP contribution is 2.42. The number of amides is 1. The highest BCUT2D eigenvalue weighted by Gasteiger charge is 2.48. The number of phosphoric ester groups is 1. The number of imidazole rings is 1. The Morgan fingerprint density at radius 3 is 2.52 bits per heavy atom. The summed E-state index contributed by atoms with van der Waals surface area (Å²) < 4.78 is 28.7. The lowest BCUT2D eigenvalue weighted by Gasteiger charge is -2.26. The number of anilines is 1. The first-order chi connectivity index (χ1) is 19.1. The van der Waals surface area contributed by atoms with Crippen LogP contribution in [-0.2, 0) is 18.6 Å². The van der Waals surface area contributed by atoms with Crippen LogP contribution in [0.25, 0.3) is 11.2 Å². The maximum absolute atomic E-state index is 12.6. The van der Waals surface area contributed by atoms with Crippen LogP contribution in [-0.4, -0.2) is 66.3 Å². The minimum absolute atomic E-state index is 0.0637. The summed E-state index contributed by atoms with van der Waals surface area (Å²) in [5, 5.41) is 13.5. The Bertz CT molecular complexity index is 1570. The van der Waals surface area contributed by atoms with Crippen LogP contribution in [0.5, 0.6) is 0 Å². The lowest BCUT2D eigenvalue weighted by molar-refractivity contribution is -0.229. The predicted octanol–water partition coefficient (Wildman–Crippen LogP) is 1.35. The maximum atomic E-state index is 12.6. The second-order valence-corrected chi connectivity index (χ2v) is 10.1. The number of carbonyl (C=O) groups is 2. The molecule has 0 aliphatic carbocycles. The number of hydrogen-bond acceptors (Lipinski definition) is 11. The van der Waals surface area contributed by atoms with E-state index in [0.717, 1.165) is 11.9 Å². The molecule has 15 heteroatoms. The molecule has 40 heavy (non-hydrogen) atoms. The van der Waals surface area contributed by atoms with Crippen molar-refractivity contribution in [2.75, 3.05) is 11.9 Å². The lowest BCUT2D eigenvalue weighted by atomic mass is 10.1. The van der Waals surface area contributed by atoms with Crippen molar-refractivity contribution < 1.29 is 43.0 Å². The topological polar surface area (TPSA) is 198 Å². The van der Waals surface area contributed by atoms with Crippen molar-refractivity contribution in [1.29, 1.82) is 0 Å². The Morgan fingerprint density at radius 1 is 1.10 bits per heavy atom. The third-order valence-corrected chi connectivity index (χ3v) is 6.64. The lowest BCUT2D eigenvalue weighted by Crippen LogP contribution is -2.36. The van der Waals surface area contributed by atoms with E-state index >= 15 is 0 Å². The zero-order valence-electron chi connectivity index (χ0n) is 20.9. The molecule has 3 N–H and O–H groups in total. The molecule has 2 aromatic carbocycles. The van der Waals surface area contributed by atoms with Crippen LogP contribution >= 0.6 is 7.82 Å². The largest absolute Gasteiger partial charge is 0.756 e. The Hall–Kier alpha value is -4.04. The molecule has 4 aromatic rings. The first-order valence-corrected chi connectivity index (χ1v) is 13.4. The van der Waals surface area contributed by atoms with Crippen molar-refractivity contribution >= 4 is 36.7 Å². The molecule has 1 aliphatic heterocycles. The van der Waals surface area contributed by atoms with E-state index in [2.05, 4.69) is 20.3 Å².